The van der Waals surface area contributed by atoms with Crippen LogP contribution in [0.4, 0.5) is 8.78 Å². The van der Waals surface area contributed by atoms with Gasteiger partial charge in [-0.25, -0.2) is 17.2 Å². The molecule has 0 saturated heterocycles. The summed E-state index contributed by atoms with van der Waals surface area (Å²) in [7, 11) is -3.36. The fourth-order valence-corrected chi connectivity index (χ4v) is 3.42. The van der Waals surface area contributed by atoms with E-state index in [1.165, 1.54) is 30.3 Å². The second-order valence-electron chi connectivity index (χ2n) is 6.21. The van der Waals surface area contributed by atoms with Gasteiger partial charge in [-0.3, -0.25) is 0 Å². The molecule has 3 aromatic rings. The lowest BCUT2D eigenvalue weighted by Gasteiger charge is -2.13. The highest BCUT2D eigenvalue weighted by Crippen LogP contribution is 2.36. The molecule has 4 nitrogen and oxygen atoms in total. The van der Waals surface area contributed by atoms with Crippen LogP contribution in [0.5, 0.6) is 11.5 Å². The van der Waals surface area contributed by atoms with Gasteiger partial charge in [-0.15, -0.1) is 0 Å². The van der Waals surface area contributed by atoms with E-state index in [9.17, 15) is 27.4 Å². The first kappa shape index (κ1) is 18.8. The molecule has 0 aliphatic heterocycles. The quantitative estimate of drug-likeness (QED) is 0.660. The van der Waals surface area contributed by atoms with Crippen molar-refractivity contribution < 1.29 is 27.4 Å². The molecule has 0 aliphatic carbocycles. The highest BCUT2D eigenvalue weighted by Gasteiger charge is 2.15. The molecule has 0 fully saturated rings. The van der Waals surface area contributed by atoms with Crippen LogP contribution in [-0.4, -0.2) is 24.9 Å². The maximum atomic E-state index is 14.0. The smallest absolute Gasteiger partial charge is 0.175 e. The second kappa shape index (κ2) is 7.00. The third-order valence-corrected chi connectivity index (χ3v) is 5.32. The number of halogens is 2. The van der Waals surface area contributed by atoms with Crippen molar-refractivity contribution in [3.05, 3.63) is 77.4 Å². The molecule has 0 aromatic heterocycles. The lowest BCUT2D eigenvalue weighted by Crippen LogP contribution is -1.98. The number of rotatable bonds is 4. The van der Waals surface area contributed by atoms with E-state index in [1.54, 1.807) is 12.1 Å². The molecule has 7 heteroatoms. The molecule has 0 saturated carbocycles. The number of benzene rings is 3. The number of hydrogen-bond acceptors (Lipinski definition) is 4. The van der Waals surface area contributed by atoms with Gasteiger partial charge in [0, 0.05) is 18.7 Å². The van der Waals surface area contributed by atoms with Crippen LogP contribution in [0.1, 0.15) is 11.1 Å². The van der Waals surface area contributed by atoms with Gasteiger partial charge in [-0.2, -0.15) is 0 Å². The first-order valence-corrected chi connectivity index (χ1v) is 9.83. The molecular weight excluding hydrogens is 374 g/mol. The van der Waals surface area contributed by atoms with E-state index in [1.807, 2.05) is 0 Å². The lowest BCUT2D eigenvalue weighted by atomic mass is 9.94. The van der Waals surface area contributed by atoms with Gasteiger partial charge in [-0.05, 0) is 52.6 Å². The summed E-state index contributed by atoms with van der Waals surface area (Å²) < 4.78 is 50.3. The summed E-state index contributed by atoms with van der Waals surface area (Å²) in [6.45, 7) is 0. The van der Waals surface area contributed by atoms with Gasteiger partial charge >= 0.3 is 0 Å². The number of hydrogen-bond donors (Lipinski definition) is 2. The van der Waals surface area contributed by atoms with E-state index in [4.69, 9.17) is 0 Å². The Balaban J connectivity index is 2.08. The van der Waals surface area contributed by atoms with Gasteiger partial charge in [0.05, 0.1) is 4.90 Å². The van der Waals surface area contributed by atoms with Crippen molar-refractivity contribution in [1.29, 1.82) is 0 Å². The monoisotopic (exact) mass is 390 g/mol. The number of phenolic OH excluding ortho intramolecular Hbond substituents is 2. The largest absolute Gasteiger partial charge is 0.504 e. The summed E-state index contributed by atoms with van der Waals surface area (Å²) in [5.74, 6) is -2.15. The normalized spacial score (nSPS) is 11.5. The third-order valence-electron chi connectivity index (χ3n) is 4.19. The zero-order chi connectivity index (χ0) is 19.8. The molecule has 0 atom stereocenters. The van der Waals surface area contributed by atoms with E-state index in [-0.39, 0.29) is 28.4 Å². The molecule has 0 aliphatic rings. The molecule has 0 amide bonds. The first-order valence-electron chi connectivity index (χ1n) is 7.94. The molecule has 0 unspecified atom stereocenters. The topological polar surface area (TPSA) is 74.6 Å². The third kappa shape index (κ3) is 4.09. The average Bonchev–Trinajstić information content (AvgIpc) is 2.59. The van der Waals surface area contributed by atoms with Crippen molar-refractivity contribution in [1.82, 2.24) is 0 Å². The number of aromatic hydroxyl groups is 2. The van der Waals surface area contributed by atoms with Gasteiger partial charge in [0.25, 0.3) is 0 Å². The minimum absolute atomic E-state index is 0.0448. The highest BCUT2D eigenvalue weighted by atomic mass is 32.2. The van der Waals surface area contributed by atoms with E-state index in [2.05, 4.69) is 0 Å². The van der Waals surface area contributed by atoms with Crippen molar-refractivity contribution in [3.8, 4) is 22.6 Å². The summed E-state index contributed by atoms with van der Waals surface area (Å²) in [4.78, 5) is 0.139. The van der Waals surface area contributed by atoms with Gasteiger partial charge in [-0.1, -0.05) is 18.2 Å². The molecule has 2 N–H and O–H groups in total. The van der Waals surface area contributed by atoms with Crippen LogP contribution in [0.3, 0.4) is 0 Å². The summed E-state index contributed by atoms with van der Waals surface area (Å²) >= 11 is 0. The minimum Gasteiger partial charge on any atom is -0.504 e. The maximum absolute atomic E-state index is 14.0. The highest BCUT2D eigenvalue weighted by molar-refractivity contribution is 7.90. The average molecular weight is 390 g/mol. The zero-order valence-electron chi connectivity index (χ0n) is 14.3. The molecule has 0 heterocycles. The Labute approximate surface area is 155 Å². The van der Waals surface area contributed by atoms with E-state index in [0.717, 1.165) is 18.4 Å². The van der Waals surface area contributed by atoms with Crippen LogP contribution in [0.2, 0.25) is 0 Å². The Kier molecular flexibility index (Phi) is 4.89. The van der Waals surface area contributed by atoms with Crippen molar-refractivity contribution in [2.24, 2.45) is 0 Å². The van der Waals surface area contributed by atoms with Crippen molar-refractivity contribution in [2.75, 3.05) is 6.26 Å². The van der Waals surface area contributed by atoms with Crippen LogP contribution in [0.15, 0.2) is 59.5 Å². The lowest BCUT2D eigenvalue weighted by molar-refractivity contribution is 0.403. The summed E-state index contributed by atoms with van der Waals surface area (Å²) in [6, 6.07) is 11.8. The Morgan fingerprint density at radius 2 is 1.48 bits per heavy atom. The van der Waals surface area contributed by atoms with E-state index >= 15 is 0 Å². The van der Waals surface area contributed by atoms with Gasteiger partial charge in [0.2, 0.25) is 0 Å². The van der Waals surface area contributed by atoms with Crippen LogP contribution >= 0.6 is 0 Å². The predicted octanol–water partition coefficient (Wildman–Crippen LogP) is 4.04. The molecule has 3 aromatic carbocycles. The van der Waals surface area contributed by atoms with Crippen molar-refractivity contribution >= 4 is 9.84 Å². The molecule has 140 valence electrons. The zero-order valence-corrected chi connectivity index (χ0v) is 15.1. The molecular formula is C20H16F2O4S. The Morgan fingerprint density at radius 3 is 2.07 bits per heavy atom. The second-order valence-corrected chi connectivity index (χ2v) is 8.22. The predicted molar refractivity (Wildman–Crippen MR) is 97.5 cm³/mol. The number of phenols is 2. The molecule has 3 rings (SSSR count). The summed E-state index contributed by atoms with van der Waals surface area (Å²) in [5, 5.41) is 19.7. The molecule has 0 bridgehead atoms. The SMILES string of the molecule is CS(=O)(=O)c1ccc(-c2cc(O)c(O)cc2Cc2ccc(F)cc2F)cc1. The fraction of sp³-hybridized carbons (Fsp3) is 0.100. The van der Waals surface area contributed by atoms with E-state index in [0.29, 0.717) is 16.7 Å². The minimum atomic E-state index is -3.36. The van der Waals surface area contributed by atoms with Gasteiger partial charge in [0.1, 0.15) is 11.6 Å². The fourth-order valence-electron chi connectivity index (χ4n) is 2.79. The molecule has 0 radical (unpaired) electrons. The Hall–Kier alpha value is -2.93. The summed E-state index contributed by atoms with van der Waals surface area (Å²) in [5.41, 5.74) is 1.78. The van der Waals surface area contributed by atoms with Gasteiger partial charge < -0.3 is 10.2 Å². The summed E-state index contributed by atoms with van der Waals surface area (Å²) in [6.07, 6.45) is 1.14. The Bertz CT molecular complexity index is 1110. The molecule has 0 spiro atoms. The number of sulfone groups is 1. The first-order chi connectivity index (χ1) is 12.6. The van der Waals surface area contributed by atoms with Crippen molar-refractivity contribution in [3.63, 3.8) is 0 Å². The van der Waals surface area contributed by atoms with Crippen LogP contribution in [0.25, 0.3) is 11.1 Å². The molecule has 27 heavy (non-hydrogen) atoms. The van der Waals surface area contributed by atoms with Crippen molar-refractivity contribution in [2.45, 2.75) is 11.3 Å². The Morgan fingerprint density at radius 1 is 0.852 bits per heavy atom. The van der Waals surface area contributed by atoms with Crippen LogP contribution in [-0.2, 0) is 16.3 Å². The van der Waals surface area contributed by atoms with Crippen LogP contribution in [0, 0.1) is 11.6 Å². The van der Waals surface area contributed by atoms with E-state index < -0.39 is 21.5 Å². The maximum Gasteiger partial charge on any atom is 0.175 e. The van der Waals surface area contributed by atoms with Gasteiger partial charge in [0.15, 0.2) is 21.3 Å². The van der Waals surface area contributed by atoms with Crippen LogP contribution < -0.4 is 0 Å². The standard InChI is InChI=1S/C20H16F2O4S/c1-27(25,26)16-6-3-12(4-7-16)17-11-20(24)19(23)9-14(17)8-13-2-5-15(21)10-18(13)22/h2-7,9-11,23-24H,8H2,1H3.